The van der Waals surface area contributed by atoms with Crippen molar-refractivity contribution in [3.05, 3.63) is 38.6 Å². The maximum Gasteiger partial charge on any atom is 0.359 e. The number of pyridine rings is 1. The van der Waals surface area contributed by atoms with Crippen molar-refractivity contribution in [3.8, 4) is 0 Å². The second kappa shape index (κ2) is 9.41. The summed E-state index contributed by atoms with van der Waals surface area (Å²) >= 11 is 17.6. The van der Waals surface area contributed by atoms with Crippen molar-refractivity contribution in [2.45, 2.75) is 45.1 Å². The molecular formula is C17H19Cl3N2O3. The van der Waals surface area contributed by atoms with Gasteiger partial charge in [0.15, 0.2) is 11.8 Å². The molecule has 1 atom stereocenters. The molecule has 2 rings (SSSR count). The molecule has 0 fully saturated rings. The first-order valence-corrected chi connectivity index (χ1v) is 9.19. The highest BCUT2D eigenvalue weighted by atomic mass is 35.5. The molecule has 1 heterocycles. The van der Waals surface area contributed by atoms with E-state index >= 15 is 0 Å². The van der Waals surface area contributed by atoms with Gasteiger partial charge in [0.25, 0.3) is 5.91 Å². The maximum atomic E-state index is 12.1. The summed E-state index contributed by atoms with van der Waals surface area (Å²) in [7, 11) is 0. The monoisotopic (exact) mass is 404 g/mol. The van der Waals surface area contributed by atoms with Crippen LogP contribution in [0.3, 0.4) is 0 Å². The van der Waals surface area contributed by atoms with Gasteiger partial charge in [-0.05, 0) is 39.0 Å². The molecule has 1 aromatic rings. The van der Waals surface area contributed by atoms with Crippen LogP contribution in [-0.2, 0) is 9.53 Å². The Hall–Kier alpha value is -1.30. The highest BCUT2D eigenvalue weighted by Gasteiger charge is 2.23. The van der Waals surface area contributed by atoms with Gasteiger partial charge < -0.3 is 10.1 Å². The molecule has 5 nitrogen and oxygen atoms in total. The second-order valence-corrected chi connectivity index (χ2v) is 6.94. The molecule has 1 amide bonds. The standard InChI is InChI=1S/C17H19Cl3N2O3/c1-10(16(23)21-8-7-11-5-3-2-4-6-11)25-17(24)15-14(20)13(19)12(18)9-22-15/h5,9-10H,2-4,6-8H2,1H3,(H,21,23)/t10-/m1/s1. The van der Waals surface area contributed by atoms with Crippen LogP contribution in [0.25, 0.3) is 0 Å². The van der Waals surface area contributed by atoms with Crippen LogP contribution < -0.4 is 5.32 Å². The van der Waals surface area contributed by atoms with E-state index in [-0.39, 0.29) is 26.7 Å². The molecule has 136 valence electrons. The van der Waals surface area contributed by atoms with E-state index in [9.17, 15) is 9.59 Å². The Morgan fingerprint density at radius 2 is 2.04 bits per heavy atom. The maximum absolute atomic E-state index is 12.1. The zero-order valence-electron chi connectivity index (χ0n) is 13.8. The highest BCUT2D eigenvalue weighted by molar-refractivity contribution is 6.48. The molecule has 8 heteroatoms. The first-order valence-electron chi connectivity index (χ1n) is 8.06. The summed E-state index contributed by atoms with van der Waals surface area (Å²) in [5.74, 6) is -1.21. The van der Waals surface area contributed by atoms with Crippen LogP contribution in [0.5, 0.6) is 0 Å². The van der Waals surface area contributed by atoms with Crippen LogP contribution >= 0.6 is 34.8 Å². The lowest BCUT2D eigenvalue weighted by Crippen LogP contribution is -2.36. The number of allylic oxidation sites excluding steroid dienone is 1. The summed E-state index contributed by atoms with van der Waals surface area (Å²) in [4.78, 5) is 28.0. The molecule has 0 saturated heterocycles. The Balaban J connectivity index is 1.85. The number of halogens is 3. The number of nitrogens with zero attached hydrogens (tertiary/aromatic N) is 1. The van der Waals surface area contributed by atoms with E-state index in [4.69, 9.17) is 39.5 Å². The van der Waals surface area contributed by atoms with E-state index in [0.29, 0.717) is 6.54 Å². The van der Waals surface area contributed by atoms with Crippen LogP contribution in [0.15, 0.2) is 17.8 Å². The number of aromatic nitrogens is 1. The summed E-state index contributed by atoms with van der Waals surface area (Å²) in [5.41, 5.74) is 1.19. The minimum Gasteiger partial charge on any atom is -0.448 e. The van der Waals surface area contributed by atoms with Gasteiger partial charge in [0.1, 0.15) is 0 Å². The molecule has 0 saturated carbocycles. The van der Waals surface area contributed by atoms with Gasteiger partial charge in [0.05, 0.1) is 15.1 Å². The number of amides is 1. The van der Waals surface area contributed by atoms with Crippen molar-refractivity contribution in [2.24, 2.45) is 0 Å². The molecule has 0 aromatic carbocycles. The zero-order chi connectivity index (χ0) is 18.4. The molecule has 1 N–H and O–H groups in total. The Morgan fingerprint density at radius 1 is 1.28 bits per heavy atom. The highest BCUT2D eigenvalue weighted by Crippen LogP contribution is 2.31. The fraction of sp³-hybridized carbons (Fsp3) is 0.471. The smallest absolute Gasteiger partial charge is 0.359 e. The minimum atomic E-state index is -0.972. The zero-order valence-corrected chi connectivity index (χ0v) is 16.0. The number of nitrogens with one attached hydrogen (secondary N) is 1. The van der Waals surface area contributed by atoms with Crippen LogP contribution in [0.4, 0.5) is 0 Å². The first-order chi connectivity index (χ1) is 11.9. The van der Waals surface area contributed by atoms with Gasteiger partial charge in [-0.25, -0.2) is 9.78 Å². The Kier molecular flexibility index (Phi) is 7.54. The third-order valence-electron chi connectivity index (χ3n) is 3.89. The molecule has 1 aromatic heterocycles. The average Bonchev–Trinajstić information content (AvgIpc) is 2.60. The van der Waals surface area contributed by atoms with Gasteiger partial charge in [-0.1, -0.05) is 46.5 Å². The van der Waals surface area contributed by atoms with Crippen molar-refractivity contribution in [1.29, 1.82) is 0 Å². The lowest BCUT2D eigenvalue weighted by molar-refractivity contribution is -0.129. The van der Waals surface area contributed by atoms with Crippen molar-refractivity contribution >= 4 is 46.7 Å². The van der Waals surface area contributed by atoms with Gasteiger partial charge in [-0.2, -0.15) is 0 Å². The third-order valence-corrected chi connectivity index (χ3v) is 5.13. The number of esters is 1. The van der Waals surface area contributed by atoms with Crippen LogP contribution in [0.2, 0.25) is 15.1 Å². The summed E-state index contributed by atoms with van der Waals surface area (Å²) in [6.45, 7) is 2.00. The topological polar surface area (TPSA) is 68.3 Å². The fourth-order valence-corrected chi connectivity index (χ4v) is 3.03. The van der Waals surface area contributed by atoms with Gasteiger partial charge in [-0.15, -0.1) is 0 Å². The summed E-state index contributed by atoms with van der Waals surface area (Å²) in [5, 5.41) is 2.81. The molecular weight excluding hydrogens is 387 g/mol. The summed E-state index contributed by atoms with van der Waals surface area (Å²) < 4.78 is 5.10. The lowest BCUT2D eigenvalue weighted by atomic mass is 9.97. The Bertz CT molecular complexity index is 692. The SMILES string of the molecule is C[C@@H](OC(=O)c1ncc(Cl)c(Cl)c1Cl)C(=O)NCCC1=CCCCC1. The number of carbonyl (C=O) groups is 2. The molecule has 25 heavy (non-hydrogen) atoms. The van der Waals surface area contributed by atoms with Gasteiger partial charge in [0, 0.05) is 12.7 Å². The van der Waals surface area contributed by atoms with Crippen molar-refractivity contribution in [1.82, 2.24) is 10.3 Å². The summed E-state index contributed by atoms with van der Waals surface area (Å²) in [6.07, 6.45) is 7.90. The van der Waals surface area contributed by atoms with E-state index in [2.05, 4.69) is 16.4 Å². The molecule has 1 aliphatic rings. The van der Waals surface area contributed by atoms with Crippen LogP contribution in [-0.4, -0.2) is 29.5 Å². The molecule has 1 aliphatic carbocycles. The Labute approximate surface area is 161 Å². The van der Waals surface area contributed by atoms with E-state index in [1.807, 2.05) is 0 Å². The quantitative estimate of drug-likeness (QED) is 0.555. The third kappa shape index (κ3) is 5.59. The fourth-order valence-electron chi connectivity index (χ4n) is 2.48. The number of hydrogen-bond acceptors (Lipinski definition) is 4. The summed E-state index contributed by atoms with van der Waals surface area (Å²) in [6, 6.07) is 0. The average molecular weight is 406 g/mol. The number of hydrogen-bond donors (Lipinski definition) is 1. The van der Waals surface area contributed by atoms with E-state index in [0.717, 1.165) is 19.3 Å². The van der Waals surface area contributed by atoms with Crippen LogP contribution in [0, 0.1) is 0 Å². The predicted molar refractivity (Wildman–Crippen MR) is 98.3 cm³/mol. The van der Waals surface area contributed by atoms with Crippen molar-refractivity contribution in [3.63, 3.8) is 0 Å². The second-order valence-electron chi connectivity index (χ2n) is 5.78. The van der Waals surface area contributed by atoms with Crippen LogP contribution in [0.1, 0.15) is 49.5 Å². The number of ether oxygens (including phenoxy) is 1. The molecule has 0 bridgehead atoms. The lowest BCUT2D eigenvalue weighted by Gasteiger charge is -2.16. The molecule has 0 spiro atoms. The van der Waals surface area contributed by atoms with E-state index in [1.165, 1.54) is 31.5 Å². The van der Waals surface area contributed by atoms with Gasteiger partial charge >= 0.3 is 5.97 Å². The van der Waals surface area contributed by atoms with Gasteiger partial charge in [0.2, 0.25) is 0 Å². The van der Waals surface area contributed by atoms with Crippen molar-refractivity contribution in [2.75, 3.05) is 6.54 Å². The molecule has 0 unspecified atom stereocenters. The molecule has 0 aliphatic heterocycles. The van der Waals surface area contributed by atoms with Gasteiger partial charge in [-0.3, -0.25) is 4.79 Å². The predicted octanol–water partition coefficient (Wildman–Crippen LogP) is 4.59. The number of rotatable bonds is 6. The Morgan fingerprint density at radius 3 is 2.72 bits per heavy atom. The van der Waals surface area contributed by atoms with Crippen molar-refractivity contribution < 1.29 is 14.3 Å². The normalized spacial score (nSPS) is 15.3. The number of carbonyl (C=O) groups excluding carboxylic acids is 2. The largest absolute Gasteiger partial charge is 0.448 e. The van der Waals surface area contributed by atoms with E-state index in [1.54, 1.807) is 0 Å². The minimum absolute atomic E-state index is 0.0168. The first kappa shape index (κ1) is 20.0. The molecule has 0 radical (unpaired) electrons. The van der Waals surface area contributed by atoms with E-state index < -0.39 is 12.1 Å².